The van der Waals surface area contributed by atoms with E-state index in [-0.39, 0.29) is 6.04 Å². The molecule has 8 nitrogen and oxygen atoms in total. The van der Waals surface area contributed by atoms with Gasteiger partial charge in [-0.15, -0.1) is 5.10 Å². The first-order chi connectivity index (χ1) is 17.3. The Bertz CT molecular complexity index is 1220. The van der Waals surface area contributed by atoms with Crippen LogP contribution in [0.5, 0.6) is 11.5 Å². The second kappa shape index (κ2) is 10.6. The summed E-state index contributed by atoms with van der Waals surface area (Å²) in [5.74, 6) is 2.52. The number of anilines is 1. The van der Waals surface area contributed by atoms with Crippen molar-refractivity contribution >= 4 is 5.69 Å². The zero-order valence-electron chi connectivity index (χ0n) is 20.1. The van der Waals surface area contributed by atoms with Gasteiger partial charge in [0, 0.05) is 37.4 Å². The van der Waals surface area contributed by atoms with E-state index < -0.39 is 0 Å². The van der Waals surface area contributed by atoms with Crippen molar-refractivity contribution in [2.24, 2.45) is 0 Å². The summed E-state index contributed by atoms with van der Waals surface area (Å²) in [7, 11) is 3.40. The maximum absolute atomic E-state index is 5.76. The minimum atomic E-state index is -0.122. The molecule has 0 N–H and O–H groups in total. The molecule has 0 radical (unpaired) electrons. The summed E-state index contributed by atoms with van der Waals surface area (Å²) < 4.78 is 13.0. The Labute approximate surface area is 205 Å². The Morgan fingerprint density at radius 3 is 2.23 bits per heavy atom. The molecule has 35 heavy (non-hydrogen) atoms. The average Bonchev–Trinajstić information content (AvgIpc) is 3.37. The summed E-state index contributed by atoms with van der Waals surface area (Å²) in [4.78, 5) is 4.85. The highest BCUT2D eigenvalue weighted by atomic mass is 16.5. The molecule has 0 unspecified atom stereocenters. The van der Waals surface area contributed by atoms with Crippen molar-refractivity contribution in [3.63, 3.8) is 0 Å². The predicted molar refractivity (Wildman–Crippen MR) is 135 cm³/mol. The molecule has 180 valence electrons. The molecule has 1 atom stereocenters. The number of aromatic nitrogens is 4. The molecule has 4 aromatic rings. The zero-order valence-corrected chi connectivity index (χ0v) is 20.1. The van der Waals surface area contributed by atoms with Crippen LogP contribution in [0.15, 0.2) is 78.9 Å². The summed E-state index contributed by atoms with van der Waals surface area (Å²) in [6, 6.07) is 26.6. The van der Waals surface area contributed by atoms with Crippen LogP contribution in [0.2, 0.25) is 0 Å². The van der Waals surface area contributed by atoms with Crippen LogP contribution in [-0.4, -0.2) is 65.5 Å². The van der Waals surface area contributed by atoms with Gasteiger partial charge in [0.25, 0.3) is 0 Å². The maximum atomic E-state index is 5.76. The number of piperazine rings is 1. The number of tetrazole rings is 1. The molecule has 1 aliphatic rings. The van der Waals surface area contributed by atoms with Gasteiger partial charge in [-0.05, 0) is 46.3 Å². The van der Waals surface area contributed by atoms with Gasteiger partial charge in [0.05, 0.1) is 20.8 Å². The van der Waals surface area contributed by atoms with E-state index in [0.29, 0.717) is 6.54 Å². The first-order valence-corrected chi connectivity index (χ1v) is 11.8. The van der Waals surface area contributed by atoms with Crippen molar-refractivity contribution in [1.29, 1.82) is 0 Å². The van der Waals surface area contributed by atoms with Crippen molar-refractivity contribution in [3.8, 4) is 11.5 Å². The van der Waals surface area contributed by atoms with Crippen LogP contribution >= 0.6 is 0 Å². The van der Waals surface area contributed by atoms with Crippen LogP contribution in [0, 0.1) is 0 Å². The molecule has 1 aromatic heterocycles. The summed E-state index contributed by atoms with van der Waals surface area (Å²) >= 11 is 0. The molecule has 0 bridgehead atoms. The lowest BCUT2D eigenvalue weighted by molar-refractivity contribution is 0.198. The fraction of sp³-hybridized carbons (Fsp3) is 0.296. The number of ether oxygens (including phenoxy) is 2. The van der Waals surface area contributed by atoms with E-state index in [1.165, 1.54) is 5.69 Å². The van der Waals surface area contributed by atoms with Crippen molar-refractivity contribution < 1.29 is 9.47 Å². The zero-order chi connectivity index (χ0) is 24.0. The Morgan fingerprint density at radius 2 is 1.51 bits per heavy atom. The Kier molecular flexibility index (Phi) is 6.90. The summed E-state index contributed by atoms with van der Waals surface area (Å²) in [6.45, 7) is 4.15. The summed E-state index contributed by atoms with van der Waals surface area (Å²) in [6.07, 6.45) is 0. The third kappa shape index (κ3) is 4.97. The number of benzene rings is 3. The van der Waals surface area contributed by atoms with E-state index in [9.17, 15) is 0 Å². The molecule has 3 aromatic carbocycles. The lowest BCUT2D eigenvalue weighted by Crippen LogP contribution is -2.48. The Balaban J connectivity index is 1.43. The topological polar surface area (TPSA) is 68.5 Å². The predicted octanol–water partition coefficient (Wildman–Crippen LogP) is 3.65. The van der Waals surface area contributed by atoms with Gasteiger partial charge in [-0.1, -0.05) is 48.5 Å². The van der Waals surface area contributed by atoms with Crippen LogP contribution < -0.4 is 14.4 Å². The molecule has 1 saturated heterocycles. The quantitative estimate of drug-likeness (QED) is 0.389. The van der Waals surface area contributed by atoms with E-state index in [4.69, 9.17) is 9.47 Å². The van der Waals surface area contributed by atoms with E-state index in [2.05, 4.69) is 55.7 Å². The van der Waals surface area contributed by atoms with Crippen LogP contribution in [0.4, 0.5) is 5.69 Å². The fourth-order valence-electron chi connectivity index (χ4n) is 4.70. The highest BCUT2D eigenvalue weighted by molar-refractivity contribution is 5.49. The molecular weight excluding hydrogens is 440 g/mol. The number of hydrogen-bond acceptors (Lipinski definition) is 7. The van der Waals surface area contributed by atoms with Gasteiger partial charge in [0.15, 0.2) is 5.82 Å². The molecule has 0 saturated carbocycles. The Hall–Kier alpha value is -3.91. The van der Waals surface area contributed by atoms with Crippen LogP contribution in [0.1, 0.15) is 23.0 Å². The number of nitrogens with zero attached hydrogens (tertiary/aromatic N) is 6. The molecule has 8 heteroatoms. The van der Waals surface area contributed by atoms with Gasteiger partial charge in [-0.2, -0.15) is 0 Å². The minimum absolute atomic E-state index is 0.122. The van der Waals surface area contributed by atoms with Gasteiger partial charge in [-0.3, -0.25) is 4.90 Å². The van der Waals surface area contributed by atoms with Gasteiger partial charge in [0.1, 0.15) is 17.5 Å². The van der Waals surface area contributed by atoms with Crippen LogP contribution in [0.25, 0.3) is 0 Å². The number of hydrogen-bond donors (Lipinski definition) is 0. The van der Waals surface area contributed by atoms with Crippen LogP contribution in [0.3, 0.4) is 0 Å². The minimum Gasteiger partial charge on any atom is -0.497 e. The average molecular weight is 471 g/mol. The molecular formula is C27H30N6O2. The van der Waals surface area contributed by atoms with E-state index >= 15 is 0 Å². The summed E-state index contributed by atoms with van der Waals surface area (Å²) in [5, 5.41) is 12.9. The molecule has 2 heterocycles. The van der Waals surface area contributed by atoms with E-state index in [1.807, 2.05) is 53.2 Å². The number of methoxy groups -OCH3 is 2. The third-order valence-electron chi connectivity index (χ3n) is 6.53. The smallest absolute Gasteiger partial charge is 0.173 e. The van der Waals surface area contributed by atoms with Gasteiger partial charge in [-0.25, -0.2) is 4.68 Å². The van der Waals surface area contributed by atoms with Crippen molar-refractivity contribution in [2.75, 3.05) is 45.3 Å². The maximum Gasteiger partial charge on any atom is 0.173 e. The fourth-order valence-corrected chi connectivity index (χ4v) is 4.70. The normalized spacial score (nSPS) is 15.1. The first kappa shape index (κ1) is 22.9. The van der Waals surface area contributed by atoms with Crippen molar-refractivity contribution in [3.05, 3.63) is 95.8 Å². The largest absolute Gasteiger partial charge is 0.497 e. The molecule has 0 aliphatic carbocycles. The van der Waals surface area contributed by atoms with Gasteiger partial charge < -0.3 is 14.4 Å². The second-order valence-corrected chi connectivity index (χ2v) is 8.55. The lowest BCUT2D eigenvalue weighted by Gasteiger charge is -2.40. The molecule has 1 aliphatic heterocycles. The van der Waals surface area contributed by atoms with Crippen LogP contribution in [-0.2, 0) is 6.54 Å². The molecule has 0 spiro atoms. The molecule has 0 amide bonds. The van der Waals surface area contributed by atoms with E-state index in [1.54, 1.807) is 14.2 Å². The monoisotopic (exact) mass is 470 g/mol. The lowest BCUT2D eigenvalue weighted by atomic mass is 10.0. The van der Waals surface area contributed by atoms with E-state index in [0.717, 1.165) is 54.6 Å². The highest BCUT2D eigenvalue weighted by Gasteiger charge is 2.32. The standard InChI is InChI=1S/C27H30N6O2/c1-34-23-14-12-22(13-15-23)31-16-18-32(19-17-31)26(24-10-6-7-11-25(24)35-2)27-28-29-30-33(27)20-21-8-4-3-5-9-21/h3-15,26H,16-20H2,1-2H3/t26-/m1/s1. The van der Waals surface area contributed by atoms with Gasteiger partial charge >= 0.3 is 0 Å². The molecule has 5 rings (SSSR count). The highest BCUT2D eigenvalue weighted by Crippen LogP contribution is 2.35. The summed E-state index contributed by atoms with van der Waals surface area (Å²) in [5.41, 5.74) is 3.43. The van der Waals surface area contributed by atoms with Crippen molar-refractivity contribution in [2.45, 2.75) is 12.6 Å². The first-order valence-electron chi connectivity index (χ1n) is 11.8. The SMILES string of the molecule is COc1ccc(N2CCN([C@H](c3ccccc3OC)c3nnnn3Cc3ccccc3)CC2)cc1. The van der Waals surface area contributed by atoms with Crippen molar-refractivity contribution in [1.82, 2.24) is 25.1 Å². The second-order valence-electron chi connectivity index (χ2n) is 8.55. The molecule has 1 fully saturated rings. The van der Waals surface area contributed by atoms with Gasteiger partial charge in [0.2, 0.25) is 0 Å². The number of rotatable bonds is 8. The number of para-hydroxylation sites is 1. The third-order valence-corrected chi connectivity index (χ3v) is 6.53. The Morgan fingerprint density at radius 1 is 0.800 bits per heavy atom.